The number of hydrogen-bond acceptors (Lipinski definition) is 6. The maximum atomic E-state index is 12.8. The van der Waals surface area contributed by atoms with E-state index in [1.807, 2.05) is 12.2 Å². The van der Waals surface area contributed by atoms with E-state index in [9.17, 15) is 14.4 Å². The predicted molar refractivity (Wildman–Crippen MR) is 288 cm³/mol. The Balaban J connectivity index is 4.48. The predicted octanol–water partition coefficient (Wildman–Crippen LogP) is 18.8. The van der Waals surface area contributed by atoms with E-state index in [0.717, 1.165) is 83.5 Å². The van der Waals surface area contributed by atoms with E-state index in [2.05, 4.69) is 93.7 Å². The third-order valence-electron chi connectivity index (χ3n) is 11.9. The maximum Gasteiger partial charge on any atom is 0.306 e. The van der Waals surface area contributed by atoms with Crippen molar-refractivity contribution in [3.63, 3.8) is 0 Å². The number of hydrogen-bond donors (Lipinski definition) is 0. The van der Waals surface area contributed by atoms with Crippen LogP contribution >= 0.6 is 0 Å². The first-order valence-electron chi connectivity index (χ1n) is 28.1. The molecule has 0 aromatic rings. The first kappa shape index (κ1) is 63.6. The zero-order valence-corrected chi connectivity index (χ0v) is 43.9. The fourth-order valence-electron chi connectivity index (χ4n) is 7.66. The number of unbranched alkanes of at least 4 members (excludes halogenated alkanes) is 25. The topological polar surface area (TPSA) is 78.9 Å². The summed E-state index contributed by atoms with van der Waals surface area (Å²) in [4.78, 5) is 38.1. The lowest BCUT2D eigenvalue weighted by Crippen LogP contribution is -2.30. The summed E-state index contributed by atoms with van der Waals surface area (Å²) in [6.07, 6.45) is 71.6. The van der Waals surface area contributed by atoms with Crippen molar-refractivity contribution >= 4 is 17.9 Å². The number of rotatable bonds is 50. The van der Waals surface area contributed by atoms with Gasteiger partial charge in [0, 0.05) is 19.3 Å². The SMILES string of the molecule is CC/C=C\C/C=C\C/C=C\C/C=C\C/C=C\CCC(=O)OC(COC(=O)CCCCC/C=C\CCCCCCCCC)COC(=O)CCCCCCCCC/C=C\CCCCCCCCCC. The van der Waals surface area contributed by atoms with Gasteiger partial charge in [-0.05, 0) is 103 Å². The molecule has 1 unspecified atom stereocenters. The number of carbonyl (C=O) groups excluding carboxylic acids is 3. The van der Waals surface area contributed by atoms with E-state index in [0.29, 0.717) is 19.3 Å². The molecule has 0 radical (unpaired) electrons. The molecule has 0 aliphatic rings. The molecule has 6 heteroatoms. The molecule has 0 bridgehead atoms. The molecule has 0 fully saturated rings. The number of allylic oxidation sites excluding steroid dienone is 14. The Hall–Kier alpha value is -3.41. The number of esters is 3. The Morgan fingerprint density at radius 2 is 0.612 bits per heavy atom. The minimum atomic E-state index is -0.824. The average molecular weight is 933 g/mol. The molecule has 0 rings (SSSR count). The third kappa shape index (κ3) is 53.4. The van der Waals surface area contributed by atoms with Crippen LogP contribution in [0.3, 0.4) is 0 Å². The van der Waals surface area contributed by atoms with Gasteiger partial charge < -0.3 is 14.2 Å². The summed E-state index contributed by atoms with van der Waals surface area (Å²) in [7, 11) is 0. The van der Waals surface area contributed by atoms with Crippen LogP contribution in [0.1, 0.15) is 265 Å². The molecule has 1 atom stereocenters. The molecule has 0 aromatic heterocycles. The fourth-order valence-corrected chi connectivity index (χ4v) is 7.66. The molecular formula is C61H104O6. The molecule has 0 spiro atoms. The van der Waals surface area contributed by atoms with E-state index >= 15 is 0 Å². The Labute approximate surface area is 414 Å². The molecule has 0 saturated carbocycles. The molecule has 0 saturated heterocycles. The van der Waals surface area contributed by atoms with Crippen molar-refractivity contribution in [2.75, 3.05) is 13.2 Å². The molecular weight excluding hydrogens is 829 g/mol. The monoisotopic (exact) mass is 933 g/mol. The fraction of sp³-hybridized carbons (Fsp3) is 0.721. The zero-order chi connectivity index (χ0) is 48.6. The van der Waals surface area contributed by atoms with Crippen LogP contribution < -0.4 is 0 Å². The molecule has 0 aromatic carbocycles. The van der Waals surface area contributed by atoms with Crippen LogP contribution in [-0.2, 0) is 28.6 Å². The minimum Gasteiger partial charge on any atom is -0.462 e. The lowest BCUT2D eigenvalue weighted by molar-refractivity contribution is -0.166. The summed E-state index contributed by atoms with van der Waals surface area (Å²) in [6, 6.07) is 0. The van der Waals surface area contributed by atoms with Gasteiger partial charge in [-0.15, -0.1) is 0 Å². The van der Waals surface area contributed by atoms with Crippen LogP contribution in [-0.4, -0.2) is 37.2 Å². The van der Waals surface area contributed by atoms with Crippen LogP contribution in [0.5, 0.6) is 0 Å². The Morgan fingerprint density at radius 1 is 0.313 bits per heavy atom. The second kappa shape index (κ2) is 55.2. The van der Waals surface area contributed by atoms with E-state index in [1.165, 1.54) is 135 Å². The van der Waals surface area contributed by atoms with Crippen LogP contribution in [0.4, 0.5) is 0 Å². The highest BCUT2D eigenvalue weighted by Gasteiger charge is 2.19. The molecule has 0 aliphatic carbocycles. The molecule has 0 aliphatic heterocycles. The lowest BCUT2D eigenvalue weighted by atomic mass is 10.1. The summed E-state index contributed by atoms with van der Waals surface area (Å²) in [6.45, 7) is 6.45. The van der Waals surface area contributed by atoms with Gasteiger partial charge in [0.2, 0.25) is 0 Å². The maximum absolute atomic E-state index is 12.8. The molecule has 0 heterocycles. The van der Waals surface area contributed by atoms with Crippen molar-refractivity contribution in [3.8, 4) is 0 Å². The largest absolute Gasteiger partial charge is 0.462 e. The van der Waals surface area contributed by atoms with Crippen molar-refractivity contribution in [3.05, 3.63) is 85.1 Å². The van der Waals surface area contributed by atoms with Gasteiger partial charge in [0.1, 0.15) is 13.2 Å². The zero-order valence-electron chi connectivity index (χ0n) is 43.9. The molecule has 6 nitrogen and oxygen atoms in total. The van der Waals surface area contributed by atoms with Gasteiger partial charge in [0.05, 0.1) is 0 Å². The quantitative estimate of drug-likeness (QED) is 0.0262. The van der Waals surface area contributed by atoms with Gasteiger partial charge in [-0.25, -0.2) is 0 Å². The van der Waals surface area contributed by atoms with Gasteiger partial charge in [-0.2, -0.15) is 0 Å². The first-order valence-corrected chi connectivity index (χ1v) is 28.1. The standard InChI is InChI=1S/C61H104O6/c1-4-7-10-13-16-19-22-25-28-30-31-32-34-36-39-42-45-48-51-54-60(63)66-57-58(56-65-59(62)53-50-47-44-41-38-35-27-24-21-18-15-12-9-6-3)67-61(64)55-52-49-46-43-40-37-33-29-26-23-20-17-14-11-8-5-2/h8,11,17,20,26,29-31,35,37-38,40,46,49,58H,4-7,9-10,12-16,18-19,21-25,27-28,32-34,36,39,41-45,47-48,50-57H2,1-3H3/b11-8-,20-17-,29-26-,31-30-,38-35-,40-37-,49-46-. The molecule has 0 amide bonds. The van der Waals surface area contributed by atoms with Crippen LogP contribution in [0.2, 0.25) is 0 Å². The first-order chi connectivity index (χ1) is 33.0. The highest BCUT2D eigenvalue weighted by molar-refractivity contribution is 5.71. The summed E-state index contributed by atoms with van der Waals surface area (Å²) in [5, 5.41) is 0. The molecule has 384 valence electrons. The van der Waals surface area contributed by atoms with Crippen LogP contribution in [0.25, 0.3) is 0 Å². The molecule has 0 N–H and O–H groups in total. The highest BCUT2D eigenvalue weighted by atomic mass is 16.6. The van der Waals surface area contributed by atoms with E-state index < -0.39 is 12.1 Å². The van der Waals surface area contributed by atoms with Gasteiger partial charge in [-0.3, -0.25) is 14.4 Å². The second-order valence-electron chi connectivity index (χ2n) is 18.5. The van der Waals surface area contributed by atoms with Crippen molar-refractivity contribution < 1.29 is 28.6 Å². The van der Waals surface area contributed by atoms with Crippen LogP contribution in [0, 0.1) is 0 Å². The van der Waals surface area contributed by atoms with E-state index in [4.69, 9.17) is 14.2 Å². The van der Waals surface area contributed by atoms with Gasteiger partial charge >= 0.3 is 17.9 Å². The Kier molecular flexibility index (Phi) is 52.4. The Morgan fingerprint density at radius 3 is 0.985 bits per heavy atom. The summed E-state index contributed by atoms with van der Waals surface area (Å²) in [5.74, 6) is -1.01. The highest BCUT2D eigenvalue weighted by Crippen LogP contribution is 2.14. The van der Waals surface area contributed by atoms with Crippen molar-refractivity contribution in [1.29, 1.82) is 0 Å². The number of ether oxygens (including phenoxy) is 3. The lowest BCUT2D eigenvalue weighted by Gasteiger charge is -2.18. The minimum absolute atomic E-state index is 0.113. The van der Waals surface area contributed by atoms with Gasteiger partial charge in [0.15, 0.2) is 6.10 Å². The van der Waals surface area contributed by atoms with Crippen LogP contribution in [0.15, 0.2) is 85.1 Å². The van der Waals surface area contributed by atoms with Gasteiger partial charge in [0.25, 0.3) is 0 Å². The Bertz CT molecular complexity index is 1300. The third-order valence-corrected chi connectivity index (χ3v) is 11.9. The molecule has 67 heavy (non-hydrogen) atoms. The summed E-state index contributed by atoms with van der Waals surface area (Å²) < 4.78 is 16.8. The van der Waals surface area contributed by atoms with Crippen molar-refractivity contribution in [2.24, 2.45) is 0 Å². The van der Waals surface area contributed by atoms with Crippen molar-refractivity contribution in [1.82, 2.24) is 0 Å². The van der Waals surface area contributed by atoms with Crippen molar-refractivity contribution in [2.45, 2.75) is 271 Å². The van der Waals surface area contributed by atoms with E-state index in [-0.39, 0.29) is 31.6 Å². The average Bonchev–Trinajstić information content (AvgIpc) is 3.33. The van der Waals surface area contributed by atoms with E-state index in [1.54, 1.807) is 0 Å². The second-order valence-corrected chi connectivity index (χ2v) is 18.5. The number of carbonyl (C=O) groups is 3. The summed E-state index contributed by atoms with van der Waals surface area (Å²) >= 11 is 0. The smallest absolute Gasteiger partial charge is 0.306 e. The van der Waals surface area contributed by atoms with Gasteiger partial charge in [-0.1, -0.05) is 228 Å². The summed E-state index contributed by atoms with van der Waals surface area (Å²) in [5.41, 5.74) is 0. The normalized spacial score (nSPS) is 12.7.